The van der Waals surface area contributed by atoms with E-state index in [1.165, 1.54) is 5.56 Å². The van der Waals surface area contributed by atoms with Gasteiger partial charge in [-0.15, -0.1) is 0 Å². The van der Waals surface area contributed by atoms with Crippen LogP contribution in [-0.2, 0) is 11.2 Å². The number of benzene rings is 3. The van der Waals surface area contributed by atoms with Crippen LogP contribution in [0, 0.1) is 0 Å². The second-order valence-electron chi connectivity index (χ2n) is 8.11. The van der Waals surface area contributed by atoms with E-state index in [0.29, 0.717) is 28.4 Å². The van der Waals surface area contributed by atoms with Crippen molar-refractivity contribution in [2.75, 3.05) is 42.5 Å². The van der Waals surface area contributed by atoms with E-state index < -0.39 is 0 Å². The van der Waals surface area contributed by atoms with Crippen LogP contribution in [0.3, 0.4) is 0 Å². The van der Waals surface area contributed by atoms with Crippen LogP contribution < -0.4 is 29.7 Å². The Morgan fingerprint density at radius 2 is 1.85 bits per heavy atom. The fourth-order valence-electron chi connectivity index (χ4n) is 4.35. The SMILES string of the molecule is COc1cccc2c1N(CC(=O)Nc1ccccc1C(=O)Nc1ccc3c(c1)OCO3)CCC2. The second-order valence-corrected chi connectivity index (χ2v) is 8.11. The molecule has 0 aromatic heterocycles. The molecule has 0 aliphatic carbocycles. The van der Waals surface area contributed by atoms with Crippen molar-refractivity contribution in [2.45, 2.75) is 12.8 Å². The van der Waals surface area contributed by atoms with E-state index in [0.717, 1.165) is 30.8 Å². The fourth-order valence-corrected chi connectivity index (χ4v) is 4.35. The molecule has 3 aromatic carbocycles. The lowest BCUT2D eigenvalue weighted by atomic mass is 10.0. The first-order valence-corrected chi connectivity index (χ1v) is 11.1. The largest absolute Gasteiger partial charge is 0.495 e. The van der Waals surface area contributed by atoms with Gasteiger partial charge in [0.25, 0.3) is 5.91 Å². The van der Waals surface area contributed by atoms with Gasteiger partial charge in [-0.25, -0.2) is 0 Å². The highest BCUT2D eigenvalue weighted by atomic mass is 16.7. The van der Waals surface area contributed by atoms with Crippen LogP contribution >= 0.6 is 0 Å². The third-order valence-corrected chi connectivity index (χ3v) is 5.90. The average molecular weight is 460 g/mol. The molecule has 8 nitrogen and oxygen atoms in total. The van der Waals surface area contributed by atoms with E-state index in [2.05, 4.69) is 16.7 Å². The number of hydrogen-bond acceptors (Lipinski definition) is 6. The molecule has 8 heteroatoms. The van der Waals surface area contributed by atoms with Crippen LogP contribution in [0.5, 0.6) is 17.2 Å². The lowest BCUT2D eigenvalue weighted by molar-refractivity contribution is -0.115. The van der Waals surface area contributed by atoms with E-state index in [4.69, 9.17) is 14.2 Å². The third-order valence-electron chi connectivity index (χ3n) is 5.90. The van der Waals surface area contributed by atoms with Gasteiger partial charge in [0.15, 0.2) is 11.5 Å². The minimum Gasteiger partial charge on any atom is -0.495 e. The number of aryl methyl sites for hydroxylation is 1. The van der Waals surface area contributed by atoms with Crippen molar-refractivity contribution in [3.63, 3.8) is 0 Å². The van der Waals surface area contributed by atoms with Gasteiger partial charge in [0, 0.05) is 18.3 Å². The first-order valence-electron chi connectivity index (χ1n) is 11.1. The summed E-state index contributed by atoms with van der Waals surface area (Å²) >= 11 is 0. The van der Waals surface area contributed by atoms with Crippen molar-refractivity contribution in [3.8, 4) is 17.2 Å². The molecule has 2 N–H and O–H groups in total. The molecule has 0 spiro atoms. The first-order chi connectivity index (χ1) is 16.6. The molecule has 0 fully saturated rings. The molecule has 3 aromatic rings. The van der Waals surface area contributed by atoms with Gasteiger partial charge in [0.2, 0.25) is 12.7 Å². The Hall–Kier alpha value is -4.20. The number of rotatable bonds is 6. The molecule has 0 saturated heterocycles. The zero-order valence-electron chi connectivity index (χ0n) is 18.8. The number of carbonyl (C=O) groups is 2. The Kier molecular flexibility index (Phi) is 5.95. The average Bonchev–Trinajstić information content (AvgIpc) is 3.32. The van der Waals surface area contributed by atoms with Gasteiger partial charge < -0.3 is 29.7 Å². The normalized spacial score (nSPS) is 13.7. The maximum absolute atomic E-state index is 13.0. The van der Waals surface area contributed by atoms with Crippen molar-refractivity contribution >= 4 is 28.9 Å². The standard InChI is InChI=1S/C26H25N3O5/c1-32-22-10-4-6-17-7-5-13-29(25(17)22)15-24(30)28-20-9-3-2-8-19(20)26(31)27-18-11-12-21-23(14-18)34-16-33-21/h2-4,6,8-12,14H,5,7,13,15-16H2,1H3,(H,27,31)(H,28,30). The van der Waals surface area contributed by atoms with Crippen molar-refractivity contribution in [2.24, 2.45) is 0 Å². The first kappa shape index (κ1) is 21.6. The van der Waals surface area contributed by atoms with Crippen LogP contribution in [0.2, 0.25) is 0 Å². The molecule has 34 heavy (non-hydrogen) atoms. The molecular weight excluding hydrogens is 434 g/mol. The highest BCUT2D eigenvalue weighted by Crippen LogP contribution is 2.36. The number of fused-ring (bicyclic) bond motifs is 2. The predicted molar refractivity (Wildman–Crippen MR) is 129 cm³/mol. The molecule has 2 amide bonds. The Balaban J connectivity index is 1.30. The molecular formula is C26H25N3O5. The predicted octanol–water partition coefficient (Wildman–Crippen LogP) is 4.07. The third kappa shape index (κ3) is 4.34. The molecule has 0 bridgehead atoms. The van der Waals surface area contributed by atoms with E-state index in [-0.39, 0.29) is 25.2 Å². The zero-order chi connectivity index (χ0) is 23.5. The number of methoxy groups -OCH3 is 1. The number of carbonyl (C=O) groups excluding carboxylic acids is 2. The van der Waals surface area contributed by atoms with Gasteiger partial charge in [-0.05, 0) is 48.7 Å². The monoisotopic (exact) mass is 459 g/mol. The van der Waals surface area contributed by atoms with Crippen molar-refractivity contribution < 1.29 is 23.8 Å². The van der Waals surface area contributed by atoms with Crippen LogP contribution in [0.1, 0.15) is 22.3 Å². The van der Waals surface area contributed by atoms with Crippen molar-refractivity contribution in [3.05, 3.63) is 71.8 Å². The molecule has 0 radical (unpaired) electrons. The lowest BCUT2D eigenvalue weighted by Gasteiger charge is -2.32. The van der Waals surface area contributed by atoms with Gasteiger partial charge in [-0.2, -0.15) is 0 Å². The van der Waals surface area contributed by atoms with E-state index in [1.54, 1.807) is 49.6 Å². The topological polar surface area (TPSA) is 89.1 Å². The maximum atomic E-state index is 13.0. The minimum absolute atomic E-state index is 0.158. The van der Waals surface area contributed by atoms with Gasteiger partial charge in [0.05, 0.1) is 30.6 Å². The molecule has 174 valence electrons. The summed E-state index contributed by atoms with van der Waals surface area (Å²) in [5.74, 6) is 1.44. The Morgan fingerprint density at radius 3 is 2.74 bits per heavy atom. The Bertz CT molecular complexity index is 1230. The van der Waals surface area contributed by atoms with Gasteiger partial charge in [-0.3, -0.25) is 9.59 Å². The van der Waals surface area contributed by atoms with Gasteiger partial charge >= 0.3 is 0 Å². The number of anilines is 3. The van der Waals surface area contributed by atoms with E-state index in [1.807, 2.05) is 17.0 Å². The summed E-state index contributed by atoms with van der Waals surface area (Å²) in [7, 11) is 1.64. The van der Waals surface area contributed by atoms with E-state index in [9.17, 15) is 9.59 Å². The smallest absolute Gasteiger partial charge is 0.257 e. The maximum Gasteiger partial charge on any atom is 0.257 e. The second kappa shape index (κ2) is 9.35. The van der Waals surface area contributed by atoms with Crippen LogP contribution in [0.25, 0.3) is 0 Å². The quantitative estimate of drug-likeness (QED) is 0.578. The van der Waals surface area contributed by atoms with E-state index >= 15 is 0 Å². The summed E-state index contributed by atoms with van der Waals surface area (Å²) in [4.78, 5) is 28.0. The van der Waals surface area contributed by atoms with Gasteiger partial charge in [-0.1, -0.05) is 24.3 Å². The summed E-state index contributed by atoms with van der Waals surface area (Å²) in [6, 6.07) is 18.1. The number of nitrogens with zero attached hydrogens (tertiary/aromatic N) is 1. The number of para-hydroxylation sites is 2. The van der Waals surface area contributed by atoms with Crippen molar-refractivity contribution in [1.29, 1.82) is 0 Å². The summed E-state index contributed by atoms with van der Waals surface area (Å²) in [6.45, 7) is 1.08. The number of ether oxygens (including phenoxy) is 3. The molecule has 0 atom stereocenters. The van der Waals surface area contributed by atoms with Crippen LogP contribution in [0.15, 0.2) is 60.7 Å². The molecule has 2 heterocycles. The van der Waals surface area contributed by atoms with Gasteiger partial charge in [0.1, 0.15) is 5.75 Å². The highest BCUT2D eigenvalue weighted by molar-refractivity contribution is 6.10. The molecule has 0 saturated carbocycles. The van der Waals surface area contributed by atoms with Crippen LogP contribution in [-0.4, -0.2) is 38.8 Å². The lowest BCUT2D eigenvalue weighted by Crippen LogP contribution is -2.37. The highest BCUT2D eigenvalue weighted by Gasteiger charge is 2.23. The summed E-state index contributed by atoms with van der Waals surface area (Å²) < 4.78 is 16.2. The molecule has 2 aliphatic heterocycles. The summed E-state index contributed by atoms with van der Waals surface area (Å²) in [5, 5.41) is 5.77. The Labute approximate surface area is 197 Å². The Morgan fingerprint density at radius 1 is 1.00 bits per heavy atom. The number of hydrogen-bond donors (Lipinski definition) is 2. The van der Waals surface area contributed by atoms with Crippen LogP contribution in [0.4, 0.5) is 17.1 Å². The number of amides is 2. The fraction of sp³-hybridized carbons (Fsp3) is 0.231. The van der Waals surface area contributed by atoms with Crippen molar-refractivity contribution in [1.82, 2.24) is 0 Å². The summed E-state index contributed by atoms with van der Waals surface area (Å²) in [5.41, 5.74) is 3.52. The molecule has 2 aliphatic rings. The molecule has 0 unspecified atom stereocenters. The zero-order valence-corrected chi connectivity index (χ0v) is 18.8. The summed E-state index contributed by atoms with van der Waals surface area (Å²) in [6.07, 6.45) is 1.91. The number of nitrogens with one attached hydrogen (secondary N) is 2. The molecule has 5 rings (SSSR count). The minimum atomic E-state index is -0.334.